The fourth-order valence-electron chi connectivity index (χ4n) is 0.927. The van der Waals surface area contributed by atoms with Crippen molar-refractivity contribution in [3.63, 3.8) is 0 Å². The molecule has 0 unspecified atom stereocenters. The summed E-state index contributed by atoms with van der Waals surface area (Å²) in [5, 5.41) is 3.34. The Bertz CT molecular complexity index is 63.4. The standard InChI is InChI=1S/C5H11NOSi/c1-7-8-5-3-2-4-6-5/h5-6H,2-4H2,1H3/t5-/m0/s1. The molecule has 1 N–H and O–H groups in total. The van der Waals surface area contributed by atoms with Gasteiger partial charge in [0.2, 0.25) is 9.76 Å². The van der Waals surface area contributed by atoms with Crippen molar-refractivity contribution in [1.82, 2.24) is 5.32 Å². The van der Waals surface area contributed by atoms with E-state index in [-0.39, 0.29) is 0 Å². The summed E-state index contributed by atoms with van der Waals surface area (Å²) in [4.78, 5) is 0. The minimum Gasteiger partial charge on any atom is -0.419 e. The maximum Gasteiger partial charge on any atom is 0.247 e. The molecule has 0 aromatic carbocycles. The van der Waals surface area contributed by atoms with E-state index >= 15 is 0 Å². The highest BCUT2D eigenvalue weighted by atomic mass is 28.2. The normalized spacial score (nSPS) is 28.9. The van der Waals surface area contributed by atoms with Crippen molar-refractivity contribution in [1.29, 1.82) is 0 Å². The largest absolute Gasteiger partial charge is 0.419 e. The van der Waals surface area contributed by atoms with Crippen molar-refractivity contribution in [3.8, 4) is 0 Å². The minimum absolute atomic E-state index is 0.657. The Morgan fingerprint density at radius 3 is 3.12 bits per heavy atom. The Morgan fingerprint density at radius 1 is 1.75 bits per heavy atom. The molecule has 1 heterocycles. The average Bonchev–Trinajstić information content (AvgIpc) is 2.19. The van der Waals surface area contributed by atoms with E-state index in [2.05, 4.69) is 5.32 Å². The van der Waals surface area contributed by atoms with Gasteiger partial charge in [0.1, 0.15) is 0 Å². The summed E-state index contributed by atoms with van der Waals surface area (Å²) >= 11 is 0. The Labute approximate surface area is 52.6 Å². The van der Waals surface area contributed by atoms with E-state index in [4.69, 9.17) is 4.43 Å². The molecule has 0 amide bonds. The van der Waals surface area contributed by atoms with Crippen molar-refractivity contribution in [2.24, 2.45) is 0 Å². The van der Waals surface area contributed by atoms with E-state index in [1.165, 1.54) is 19.4 Å². The smallest absolute Gasteiger partial charge is 0.247 e. The summed E-state index contributed by atoms with van der Waals surface area (Å²) < 4.78 is 4.99. The molecule has 46 valence electrons. The molecule has 8 heavy (non-hydrogen) atoms. The van der Waals surface area contributed by atoms with Gasteiger partial charge < -0.3 is 9.74 Å². The van der Waals surface area contributed by atoms with E-state index < -0.39 is 0 Å². The fourth-order valence-corrected chi connectivity index (χ4v) is 1.76. The first kappa shape index (κ1) is 6.26. The lowest BCUT2D eigenvalue weighted by Crippen LogP contribution is -2.28. The van der Waals surface area contributed by atoms with Crippen LogP contribution in [0.25, 0.3) is 0 Å². The summed E-state index contributed by atoms with van der Waals surface area (Å²) in [7, 11) is 2.42. The maximum atomic E-state index is 4.99. The predicted octanol–water partition coefficient (Wildman–Crippen LogP) is -0.0385. The van der Waals surface area contributed by atoms with Gasteiger partial charge in [0.15, 0.2) is 0 Å². The van der Waals surface area contributed by atoms with E-state index in [1.807, 2.05) is 0 Å². The zero-order valence-electron chi connectivity index (χ0n) is 5.11. The molecular formula is C5H11NOSi. The van der Waals surface area contributed by atoms with Crippen LogP contribution in [-0.4, -0.2) is 29.1 Å². The van der Waals surface area contributed by atoms with Crippen LogP contribution in [0.15, 0.2) is 0 Å². The molecule has 0 bridgehead atoms. The molecule has 0 aromatic rings. The van der Waals surface area contributed by atoms with Crippen molar-refractivity contribution in [2.75, 3.05) is 13.7 Å². The van der Waals surface area contributed by atoms with E-state index in [9.17, 15) is 0 Å². The molecular weight excluding hydrogens is 118 g/mol. The van der Waals surface area contributed by atoms with Gasteiger partial charge in [0.25, 0.3) is 0 Å². The molecule has 3 heteroatoms. The van der Waals surface area contributed by atoms with E-state index in [0.29, 0.717) is 15.4 Å². The lowest BCUT2D eigenvalue weighted by Gasteiger charge is -2.03. The van der Waals surface area contributed by atoms with Crippen molar-refractivity contribution < 1.29 is 4.43 Å². The highest BCUT2D eigenvalue weighted by Crippen LogP contribution is 2.02. The lowest BCUT2D eigenvalue weighted by molar-refractivity contribution is 0.426. The van der Waals surface area contributed by atoms with Crippen LogP contribution in [0.5, 0.6) is 0 Å². The number of nitrogens with one attached hydrogen (secondary N) is 1. The van der Waals surface area contributed by atoms with Gasteiger partial charge in [-0.3, -0.25) is 0 Å². The van der Waals surface area contributed by atoms with Crippen LogP contribution in [0, 0.1) is 0 Å². The minimum atomic E-state index is 0.657. The molecule has 1 fully saturated rings. The summed E-state index contributed by atoms with van der Waals surface area (Å²) in [6.45, 7) is 1.18. The second kappa shape index (κ2) is 3.22. The summed E-state index contributed by atoms with van der Waals surface area (Å²) in [5.41, 5.74) is 0.667. The molecule has 0 spiro atoms. The van der Waals surface area contributed by atoms with Crippen LogP contribution >= 0.6 is 0 Å². The first-order valence-corrected chi connectivity index (χ1v) is 3.94. The van der Waals surface area contributed by atoms with E-state index in [0.717, 1.165) is 0 Å². The fraction of sp³-hybridized carbons (Fsp3) is 1.00. The molecule has 2 nitrogen and oxygen atoms in total. The van der Waals surface area contributed by atoms with Crippen LogP contribution in [0.1, 0.15) is 12.8 Å². The van der Waals surface area contributed by atoms with Crippen LogP contribution in [0.4, 0.5) is 0 Å². The Morgan fingerprint density at radius 2 is 2.62 bits per heavy atom. The van der Waals surface area contributed by atoms with Gasteiger partial charge in [-0.1, -0.05) is 0 Å². The molecule has 1 aliphatic rings. The second-order valence-electron chi connectivity index (χ2n) is 1.97. The molecule has 0 aromatic heterocycles. The van der Waals surface area contributed by atoms with Crippen LogP contribution < -0.4 is 5.32 Å². The van der Waals surface area contributed by atoms with Crippen LogP contribution in [0.2, 0.25) is 0 Å². The summed E-state index contributed by atoms with van der Waals surface area (Å²) in [6.07, 6.45) is 2.62. The first-order chi connectivity index (χ1) is 3.93. The third-order valence-corrected chi connectivity index (χ3v) is 2.33. The Hall–Kier alpha value is 0.137. The number of rotatable bonds is 2. The monoisotopic (exact) mass is 129 g/mol. The van der Waals surface area contributed by atoms with Gasteiger partial charge in [-0.05, 0) is 19.4 Å². The topological polar surface area (TPSA) is 21.3 Å². The third-order valence-electron chi connectivity index (χ3n) is 1.32. The van der Waals surface area contributed by atoms with Gasteiger partial charge in [0, 0.05) is 12.8 Å². The third kappa shape index (κ3) is 1.58. The second-order valence-corrected chi connectivity index (χ2v) is 3.31. The molecule has 0 saturated carbocycles. The van der Waals surface area contributed by atoms with Crippen molar-refractivity contribution >= 4 is 9.76 Å². The summed E-state index contributed by atoms with van der Waals surface area (Å²) in [6, 6.07) is 0. The average molecular weight is 129 g/mol. The molecule has 2 radical (unpaired) electrons. The number of hydrogen-bond acceptors (Lipinski definition) is 2. The molecule has 0 aliphatic carbocycles. The SMILES string of the molecule is CO[Si][C@H]1CCCN1. The maximum absolute atomic E-state index is 4.99. The first-order valence-electron chi connectivity index (χ1n) is 2.95. The molecule has 1 atom stereocenters. The highest BCUT2D eigenvalue weighted by Gasteiger charge is 2.14. The quantitative estimate of drug-likeness (QED) is 0.528. The molecule has 1 saturated heterocycles. The summed E-state index contributed by atoms with van der Waals surface area (Å²) in [5.74, 6) is 0. The Kier molecular flexibility index (Phi) is 2.52. The van der Waals surface area contributed by atoms with E-state index in [1.54, 1.807) is 7.11 Å². The van der Waals surface area contributed by atoms with Gasteiger partial charge in [-0.25, -0.2) is 0 Å². The highest BCUT2D eigenvalue weighted by molar-refractivity contribution is 6.29. The van der Waals surface area contributed by atoms with Crippen molar-refractivity contribution in [3.05, 3.63) is 0 Å². The predicted molar refractivity (Wildman–Crippen MR) is 33.8 cm³/mol. The molecule has 1 rings (SSSR count). The molecule has 1 aliphatic heterocycles. The van der Waals surface area contributed by atoms with Gasteiger partial charge in [-0.15, -0.1) is 0 Å². The zero-order valence-corrected chi connectivity index (χ0v) is 6.11. The number of hydrogen-bond donors (Lipinski definition) is 1. The van der Waals surface area contributed by atoms with Gasteiger partial charge in [0.05, 0.1) is 0 Å². The zero-order chi connectivity index (χ0) is 5.82. The van der Waals surface area contributed by atoms with Crippen LogP contribution in [-0.2, 0) is 4.43 Å². The van der Waals surface area contributed by atoms with Crippen LogP contribution in [0.3, 0.4) is 0 Å². The Balaban J connectivity index is 2.06. The van der Waals surface area contributed by atoms with Gasteiger partial charge >= 0.3 is 0 Å². The van der Waals surface area contributed by atoms with Gasteiger partial charge in [-0.2, -0.15) is 0 Å². The van der Waals surface area contributed by atoms with Crippen molar-refractivity contribution in [2.45, 2.75) is 18.5 Å². The lowest BCUT2D eigenvalue weighted by atomic mass is 10.4.